The molecule has 1 unspecified atom stereocenters. The predicted octanol–water partition coefficient (Wildman–Crippen LogP) is 6.13. The number of rotatable bonds is 8. The maximum absolute atomic E-state index is 12.2. The van der Waals surface area contributed by atoms with Gasteiger partial charge in [-0.1, -0.05) is 79.4 Å². The highest BCUT2D eigenvalue weighted by Crippen LogP contribution is 2.44. The number of piperidine rings is 3. The van der Waals surface area contributed by atoms with Crippen LogP contribution in [0.3, 0.4) is 0 Å². The minimum atomic E-state index is -1.17. The van der Waals surface area contributed by atoms with Crippen LogP contribution in [0.1, 0.15) is 73.3 Å². The fourth-order valence-corrected chi connectivity index (χ4v) is 7.15. The molecule has 5 heteroatoms. The van der Waals surface area contributed by atoms with Crippen molar-refractivity contribution >= 4 is 0 Å². The van der Waals surface area contributed by atoms with Crippen molar-refractivity contribution in [1.82, 2.24) is 4.98 Å². The standard InChI is InChI=1S/C32H41N2O3/c1-24-12-14-25(15-13-24)23-36-30-22-34(18-16-26(30)17-19-34)21-29-20-33-31(37-29)32(35,27-8-4-2-5-9-27)28-10-6-3-7-11-28/h2,4-5,8-9,12-15,20,26,28,30,35H,3,6-7,10-11,16-19,21-23H2,1H3/q+1/t26?,30?,32-,34?/m0/s1. The van der Waals surface area contributed by atoms with Crippen molar-refractivity contribution in [3.63, 3.8) is 0 Å². The summed E-state index contributed by atoms with van der Waals surface area (Å²) >= 11 is 0. The van der Waals surface area contributed by atoms with Crippen LogP contribution in [0.25, 0.3) is 0 Å². The van der Waals surface area contributed by atoms with E-state index in [1.807, 2.05) is 36.5 Å². The van der Waals surface area contributed by atoms with Gasteiger partial charge in [-0.05, 0) is 30.9 Å². The maximum Gasteiger partial charge on any atom is 0.231 e. The van der Waals surface area contributed by atoms with E-state index in [1.165, 1.54) is 30.4 Å². The van der Waals surface area contributed by atoms with E-state index in [0.29, 0.717) is 18.4 Å². The highest BCUT2D eigenvalue weighted by atomic mass is 16.5. The summed E-state index contributed by atoms with van der Waals surface area (Å²) in [6.07, 6.45) is 10.1. The molecule has 7 rings (SSSR count). The number of aliphatic hydroxyl groups is 1. The molecule has 1 saturated carbocycles. The van der Waals surface area contributed by atoms with Gasteiger partial charge in [0.05, 0.1) is 25.9 Å². The predicted molar refractivity (Wildman–Crippen MR) is 144 cm³/mol. The van der Waals surface area contributed by atoms with E-state index in [9.17, 15) is 5.11 Å². The molecule has 4 aliphatic rings. The molecule has 2 aromatic carbocycles. The Hall–Kier alpha value is -2.47. The lowest BCUT2D eigenvalue weighted by atomic mass is 9.73. The molecule has 3 saturated heterocycles. The highest BCUT2D eigenvalue weighted by Gasteiger charge is 2.48. The van der Waals surface area contributed by atoms with E-state index in [2.05, 4.69) is 31.2 Å². The summed E-state index contributed by atoms with van der Waals surface area (Å²) in [6.45, 7) is 6.97. The summed E-state index contributed by atoms with van der Waals surface area (Å²) in [7, 11) is 0. The SMILES string of the molecule is Cc1ccc(COC2C[N+]3(Cc4cnc([C@](O)(c5ccccc5)C5CCCCC5)o4)CCC2CC3)cc1. The van der Waals surface area contributed by atoms with Gasteiger partial charge >= 0.3 is 0 Å². The van der Waals surface area contributed by atoms with Crippen molar-refractivity contribution in [2.24, 2.45) is 11.8 Å². The lowest BCUT2D eigenvalue weighted by molar-refractivity contribution is -0.959. The van der Waals surface area contributed by atoms with Gasteiger partial charge in [0, 0.05) is 24.7 Å². The van der Waals surface area contributed by atoms with E-state index in [-0.39, 0.29) is 12.0 Å². The van der Waals surface area contributed by atoms with E-state index in [1.54, 1.807) is 0 Å². The van der Waals surface area contributed by atoms with E-state index in [0.717, 1.165) is 67.7 Å². The smallest absolute Gasteiger partial charge is 0.231 e. The van der Waals surface area contributed by atoms with Crippen molar-refractivity contribution in [3.05, 3.63) is 89.1 Å². The fraction of sp³-hybridized carbons (Fsp3) is 0.531. The number of ether oxygens (including phenoxy) is 1. The fourth-order valence-electron chi connectivity index (χ4n) is 7.15. The number of aromatic nitrogens is 1. The molecule has 1 aromatic heterocycles. The average Bonchev–Trinajstić information content (AvgIpc) is 3.42. The topological polar surface area (TPSA) is 55.5 Å². The third-order valence-corrected chi connectivity index (χ3v) is 9.41. The number of aryl methyl sites for hydroxylation is 1. The van der Waals surface area contributed by atoms with Gasteiger partial charge in [0.15, 0.2) is 11.4 Å². The molecule has 3 aromatic rings. The molecule has 1 N–H and O–H groups in total. The number of hydrogen-bond donors (Lipinski definition) is 1. The first-order valence-electron chi connectivity index (χ1n) is 14.3. The van der Waals surface area contributed by atoms with E-state index < -0.39 is 5.60 Å². The number of quaternary nitrogens is 1. The van der Waals surface area contributed by atoms with Gasteiger partial charge in [-0.3, -0.25) is 0 Å². The number of nitrogens with zero attached hydrogens (tertiary/aromatic N) is 2. The lowest BCUT2D eigenvalue weighted by Gasteiger charge is -2.52. The Morgan fingerprint density at radius 2 is 1.70 bits per heavy atom. The second kappa shape index (κ2) is 10.4. The second-order valence-corrected chi connectivity index (χ2v) is 11.9. The summed E-state index contributed by atoms with van der Waals surface area (Å²) in [5.41, 5.74) is 2.25. The Morgan fingerprint density at radius 3 is 2.43 bits per heavy atom. The van der Waals surface area contributed by atoms with Crippen LogP contribution in [0.2, 0.25) is 0 Å². The number of hydrogen-bond acceptors (Lipinski definition) is 4. The van der Waals surface area contributed by atoms with Crippen LogP contribution in [0.4, 0.5) is 0 Å². The maximum atomic E-state index is 12.2. The average molecular weight is 502 g/mol. The van der Waals surface area contributed by atoms with Gasteiger partial charge in [-0.15, -0.1) is 0 Å². The van der Waals surface area contributed by atoms with E-state index >= 15 is 0 Å². The molecular weight excluding hydrogens is 460 g/mol. The van der Waals surface area contributed by atoms with Gasteiger partial charge < -0.3 is 18.7 Å². The molecule has 0 radical (unpaired) electrons. The molecule has 2 bridgehead atoms. The Morgan fingerprint density at radius 1 is 0.973 bits per heavy atom. The molecule has 4 fully saturated rings. The first-order valence-corrected chi connectivity index (χ1v) is 14.3. The lowest BCUT2D eigenvalue weighted by Crippen LogP contribution is -2.63. The zero-order valence-corrected chi connectivity index (χ0v) is 22.1. The first kappa shape index (κ1) is 24.8. The quantitative estimate of drug-likeness (QED) is 0.378. The van der Waals surface area contributed by atoms with Crippen LogP contribution < -0.4 is 0 Å². The van der Waals surface area contributed by atoms with Crippen molar-refractivity contribution in [1.29, 1.82) is 0 Å². The Balaban J connectivity index is 1.19. The third-order valence-electron chi connectivity index (χ3n) is 9.41. The highest BCUT2D eigenvalue weighted by molar-refractivity contribution is 5.30. The number of fused-ring (bicyclic) bond motifs is 3. The molecule has 37 heavy (non-hydrogen) atoms. The zero-order valence-electron chi connectivity index (χ0n) is 22.1. The van der Waals surface area contributed by atoms with Gasteiger partial charge in [-0.2, -0.15) is 0 Å². The van der Waals surface area contributed by atoms with Crippen molar-refractivity contribution in [2.45, 2.75) is 76.7 Å². The second-order valence-electron chi connectivity index (χ2n) is 11.9. The minimum Gasteiger partial charge on any atom is -0.436 e. The zero-order chi connectivity index (χ0) is 25.3. The first-order chi connectivity index (χ1) is 18.0. The molecule has 196 valence electrons. The van der Waals surface area contributed by atoms with Gasteiger partial charge in [-0.25, -0.2) is 4.98 Å². The van der Waals surface area contributed by atoms with Crippen LogP contribution in [0.15, 0.2) is 65.2 Å². The molecule has 3 aliphatic heterocycles. The van der Waals surface area contributed by atoms with Gasteiger partial charge in [0.25, 0.3) is 0 Å². The van der Waals surface area contributed by atoms with Crippen molar-refractivity contribution < 1.29 is 18.7 Å². The van der Waals surface area contributed by atoms with Crippen LogP contribution >= 0.6 is 0 Å². The summed E-state index contributed by atoms with van der Waals surface area (Å²) in [6, 6.07) is 18.7. The number of benzene rings is 2. The van der Waals surface area contributed by atoms with E-state index in [4.69, 9.17) is 14.1 Å². The minimum absolute atomic E-state index is 0.132. The number of oxazole rings is 1. The Kier molecular flexibility index (Phi) is 6.95. The van der Waals surface area contributed by atoms with Gasteiger partial charge in [0.2, 0.25) is 5.89 Å². The monoisotopic (exact) mass is 501 g/mol. The normalized spacial score (nSPS) is 27.7. The summed E-state index contributed by atoms with van der Waals surface area (Å²) < 4.78 is 14.0. The molecule has 0 spiro atoms. The van der Waals surface area contributed by atoms with Crippen LogP contribution in [0.5, 0.6) is 0 Å². The van der Waals surface area contributed by atoms with Crippen molar-refractivity contribution in [2.75, 3.05) is 19.6 Å². The largest absolute Gasteiger partial charge is 0.436 e. The third kappa shape index (κ3) is 5.01. The Labute approximate surface area is 221 Å². The van der Waals surface area contributed by atoms with Crippen LogP contribution in [-0.4, -0.2) is 40.3 Å². The van der Waals surface area contributed by atoms with Crippen LogP contribution in [-0.2, 0) is 23.5 Å². The van der Waals surface area contributed by atoms with Crippen molar-refractivity contribution in [3.8, 4) is 0 Å². The molecule has 2 atom stereocenters. The molecule has 0 amide bonds. The summed E-state index contributed by atoms with van der Waals surface area (Å²) in [5, 5.41) is 12.2. The van der Waals surface area contributed by atoms with Gasteiger partial charge in [0.1, 0.15) is 19.2 Å². The summed E-state index contributed by atoms with van der Waals surface area (Å²) in [5.74, 6) is 2.15. The molecule has 1 aliphatic carbocycles. The van der Waals surface area contributed by atoms with Crippen LogP contribution in [0, 0.1) is 18.8 Å². The molecular formula is C32H41N2O3+. The molecule has 4 heterocycles. The summed E-state index contributed by atoms with van der Waals surface area (Å²) in [4.78, 5) is 4.73. The molecule has 5 nitrogen and oxygen atoms in total. The Bertz CT molecular complexity index is 1160.